The van der Waals surface area contributed by atoms with Gasteiger partial charge in [0, 0.05) is 37.3 Å². The zero-order chi connectivity index (χ0) is 43.3. The predicted molar refractivity (Wildman–Crippen MR) is 224 cm³/mol. The molecule has 8 atom stereocenters. The largest absolute Gasteiger partial charge is 0.488 e. The van der Waals surface area contributed by atoms with Gasteiger partial charge in [0.1, 0.15) is 36.2 Å². The third kappa shape index (κ3) is 7.60. The number of rotatable bonds is 11. The van der Waals surface area contributed by atoms with Crippen LogP contribution in [0.5, 0.6) is 5.75 Å². The molecule has 8 rings (SSSR count). The van der Waals surface area contributed by atoms with Crippen molar-refractivity contribution in [3.63, 3.8) is 0 Å². The molecular weight excluding hydrogens is 785 g/mol. The number of fused-ring (bicyclic) bond motifs is 6. The lowest BCUT2D eigenvalue weighted by Gasteiger charge is -2.33. The van der Waals surface area contributed by atoms with Gasteiger partial charge in [-0.25, -0.2) is 19.6 Å². The van der Waals surface area contributed by atoms with Crippen molar-refractivity contribution in [2.75, 3.05) is 21.3 Å². The van der Waals surface area contributed by atoms with Gasteiger partial charge in [-0.2, -0.15) is 0 Å². The number of carbonyl (C=O) groups excluding carboxylic acids is 4. The highest BCUT2D eigenvalue weighted by atomic mass is 16.6. The number of amides is 4. The number of methoxy groups -OCH3 is 3. The summed E-state index contributed by atoms with van der Waals surface area (Å²) in [6.45, 7) is 7.71. The van der Waals surface area contributed by atoms with Crippen LogP contribution in [0.1, 0.15) is 82.7 Å². The van der Waals surface area contributed by atoms with E-state index in [-0.39, 0.29) is 36.0 Å². The summed E-state index contributed by atoms with van der Waals surface area (Å²) < 4.78 is 27.3. The quantitative estimate of drug-likeness (QED) is 0.121. The van der Waals surface area contributed by atoms with Gasteiger partial charge in [-0.05, 0) is 99.7 Å². The summed E-state index contributed by atoms with van der Waals surface area (Å²) in [5.41, 5.74) is 11.7. The molecule has 0 spiro atoms. The monoisotopic (exact) mass is 836 g/mol. The molecule has 17 nitrogen and oxygen atoms in total. The van der Waals surface area contributed by atoms with Gasteiger partial charge in [-0.15, -0.1) is 0 Å². The summed E-state index contributed by atoms with van der Waals surface area (Å²) in [4.78, 5) is 71.9. The smallest absolute Gasteiger partial charge is 0.407 e. The minimum absolute atomic E-state index is 0.0769. The summed E-state index contributed by atoms with van der Waals surface area (Å²) in [5, 5.41) is 4.54. The molecule has 2 fully saturated rings. The van der Waals surface area contributed by atoms with Crippen LogP contribution in [0.25, 0.3) is 44.2 Å². The first-order valence-corrected chi connectivity index (χ1v) is 20.6. The second-order valence-electron chi connectivity index (χ2n) is 16.2. The highest BCUT2D eigenvalue weighted by molar-refractivity contribution is 6.07. The molecule has 0 radical (unpaired) electrons. The Kier molecular flexibility index (Phi) is 11.4. The molecule has 3 aliphatic heterocycles. The van der Waals surface area contributed by atoms with Crippen molar-refractivity contribution < 1.29 is 42.9 Å². The number of benzene rings is 3. The number of H-pyrrole nitrogens is 2. The predicted octanol–water partition coefficient (Wildman–Crippen LogP) is 6.03. The van der Waals surface area contributed by atoms with Gasteiger partial charge in [0.25, 0.3) is 5.91 Å². The van der Waals surface area contributed by atoms with Crippen LogP contribution in [0.15, 0.2) is 48.7 Å². The summed E-state index contributed by atoms with van der Waals surface area (Å²) in [6.07, 6.45) is 0.470. The molecule has 5 N–H and O–H groups in total. The maximum Gasteiger partial charge on any atom is 0.407 e. The van der Waals surface area contributed by atoms with Crippen molar-refractivity contribution in [3.05, 3.63) is 65.9 Å². The Morgan fingerprint density at radius 2 is 1.56 bits per heavy atom. The number of likely N-dealkylation sites (tertiary alicyclic amines) is 2. The van der Waals surface area contributed by atoms with Crippen LogP contribution in [-0.2, 0) is 35.1 Å². The molecule has 5 heterocycles. The Bertz CT molecular complexity index is 2500. The zero-order valence-electron chi connectivity index (χ0n) is 35.3. The van der Waals surface area contributed by atoms with Crippen molar-refractivity contribution in [3.8, 4) is 28.1 Å². The van der Waals surface area contributed by atoms with Gasteiger partial charge in [-0.3, -0.25) is 9.59 Å². The SMILES string of the molecule is COC(=O)N[C@H](C(=O)N1[C@@H](C)CC[C@H]1c1ncc(-c2ccc3c(c2)COc2cc4c(ccc5[nH]c([C@@H]6CC[C@H](C)N6C(=O)[C@@H](OC(N)=O)[C@@H](C)OC)nc54)cc2-3)[nH]1)C(C)OC. The fraction of sp³-hybridized carbons (Fsp3) is 0.455. The number of hydrogen-bond donors (Lipinski definition) is 4. The van der Waals surface area contributed by atoms with E-state index in [2.05, 4.69) is 39.6 Å². The number of ether oxygens (including phenoxy) is 5. The van der Waals surface area contributed by atoms with E-state index in [0.29, 0.717) is 31.1 Å². The lowest BCUT2D eigenvalue weighted by molar-refractivity contribution is -0.150. The fourth-order valence-electron chi connectivity index (χ4n) is 9.14. The summed E-state index contributed by atoms with van der Waals surface area (Å²) >= 11 is 0. The van der Waals surface area contributed by atoms with Crippen molar-refractivity contribution in [2.24, 2.45) is 5.73 Å². The molecule has 3 aliphatic rings. The minimum atomic E-state index is -1.19. The number of carbonyl (C=O) groups is 4. The van der Waals surface area contributed by atoms with Crippen molar-refractivity contribution >= 4 is 45.8 Å². The van der Waals surface area contributed by atoms with Crippen LogP contribution < -0.4 is 15.8 Å². The van der Waals surface area contributed by atoms with Crippen molar-refractivity contribution in [2.45, 2.75) is 109 Å². The Morgan fingerprint density at radius 3 is 2.25 bits per heavy atom. The van der Waals surface area contributed by atoms with Crippen LogP contribution in [0.4, 0.5) is 9.59 Å². The number of aromatic nitrogens is 4. The Morgan fingerprint density at radius 1 is 0.852 bits per heavy atom. The molecule has 0 saturated carbocycles. The topological polar surface area (TPSA) is 216 Å². The summed E-state index contributed by atoms with van der Waals surface area (Å²) in [7, 11) is 4.21. The zero-order valence-corrected chi connectivity index (χ0v) is 35.3. The lowest BCUT2D eigenvalue weighted by atomic mass is 9.92. The molecule has 1 unspecified atom stereocenters. The van der Waals surface area contributed by atoms with E-state index in [1.807, 2.05) is 32.0 Å². The Balaban J connectivity index is 1.05. The molecule has 5 aromatic rings. The first-order valence-electron chi connectivity index (χ1n) is 20.6. The number of imidazole rings is 2. The average molecular weight is 837 g/mol. The van der Waals surface area contributed by atoms with Gasteiger partial charge < -0.3 is 54.5 Å². The van der Waals surface area contributed by atoms with E-state index in [0.717, 1.165) is 68.3 Å². The van der Waals surface area contributed by atoms with Gasteiger partial charge in [-0.1, -0.05) is 18.2 Å². The van der Waals surface area contributed by atoms with Gasteiger partial charge in [0.15, 0.2) is 0 Å². The molecule has 4 amide bonds. The number of alkyl carbamates (subject to hydrolysis) is 1. The number of hydrogen-bond acceptors (Lipinski definition) is 11. The molecule has 61 heavy (non-hydrogen) atoms. The number of nitrogens with one attached hydrogen (secondary N) is 3. The molecule has 0 aliphatic carbocycles. The standard InChI is InChI=1S/C44H52N8O9/c1-21-8-14-33(51(21)41(53)36(23(3)57-5)50-44(56)59-7)39-46-19-32(48-39)26-10-12-28-27(16-26)20-60-35-18-29-25(17-30(28)35)11-13-31-37(29)49-40(47-31)34-15-9-22(2)52(34)42(54)38(24(4)58-6)61-43(45)55/h10-13,16-19,21-24,33-34,36,38H,8-9,14-15,20H2,1-7H3,(H2,45,55)(H,46,48)(H,47,49)(H,50,56)/t21-,22-,23?,24+,33-,34-,36-,38-/m0/s1. The molecule has 3 aromatic carbocycles. The highest BCUT2D eigenvalue weighted by Gasteiger charge is 2.44. The Labute approximate surface area is 352 Å². The molecule has 2 aromatic heterocycles. The first-order chi connectivity index (χ1) is 29.3. The number of nitrogens with two attached hydrogens (primary N) is 1. The van der Waals surface area contributed by atoms with E-state index in [9.17, 15) is 19.2 Å². The first kappa shape index (κ1) is 41.5. The van der Waals surface area contributed by atoms with Crippen molar-refractivity contribution in [1.82, 2.24) is 35.1 Å². The second kappa shape index (κ2) is 16.7. The van der Waals surface area contributed by atoms with Crippen LogP contribution in [0.2, 0.25) is 0 Å². The van der Waals surface area contributed by atoms with Crippen molar-refractivity contribution in [1.29, 1.82) is 0 Å². The summed E-state index contributed by atoms with van der Waals surface area (Å²) in [5.74, 6) is 1.40. The molecule has 2 saturated heterocycles. The second-order valence-corrected chi connectivity index (χ2v) is 16.2. The fourth-order valence-corrected chi connectivity index (χ4v) is 9.14. The maximum absolute atomic E-state index is 13.9. The molecule has 322 valence electrons. The molecule has 0 bridgehead atoms. The normalized spacial score (nSPS) is 21.6. The minimum Gasteiger partial charge on any atom is -0.488 e. The third-order valence-corrected chi connectivity index (χ3v) is 12.6. The third-order valence-electron chi connectivity index (χ3n) is 12.6. The molecular formula is C44H52N8O9. The van der Waals surface area contributed by atoms with Crippen LogP contribution in [0.3, 0.4) is 0 Å². The maximum atomic E-state index is 13.9. The number of aromatic amines is 2. The van der Waals surface area contributed by atoms with Gasteiger partial charge in [0.2, 0.25) is 12.0 Å². The number of primary amides is 1. The number of nitrogens with zero attached hydrogens (tertiary/aromatic N) is 4. The van der Waals surface area contributed by atoms with E-state index in [1.54, 1.807) is 29.8 Å². The van der Waals surface area contributed by atoms with Crippen LogP contribution in [0, 0.1) is 0 Å². The van der Waals surface area contributed by atoms with E-state index < -0.39 is 36.5 Å². The van der Waals surface area contributed by atoms with E-state index >= 15 is 0 Å². The van der Waals surface area contributed by atoms with Crippen LogP contribution >= 0.6 is 0 Å². The molecule has 17 heteroatoms. The highest BCUT2D eigenvalue weighted by Crippen LogP contribution is 2.44. The Hall–Kier alpha value is -6.20. The summed E-state index contributed by atoms with van der Waals surface area (Å²) in [6, 6.07) is 12.6. The van der Waals surface area contributed by atoms with Gasteiger partial charge >= 0.3 is 12.2 Å². The van der Waals surface area contributed by atoms with Gasteiger partial charge in [0.05, 0.1) is 48.2 Å². The van der Waals surface area contributed by atoms with E-state index in [4.69, 9.17) is 39.4 Å². The lowest BCUT2D eigenvalue weighted by Crippen LogP contribution is -2.55. The van der Waals surface area contributed by atoms with Crippen LogP contribution in [-0.4, -0.2) is 112 Å². The average Bonchev–Trinajstić information content (AvgIpc) is 4.08. The van der Waals surface area contributed by atoms with E-state index in [1.165, 1.54) is 21.3 Å².